The topological polar surface area (TPSA) is 75.0 Å². The number of ether oxygens (including phenoxy) is 1. The number of rotatable bonds is 5. The largest absolute Gasteiger partial charge is 0.456 e. The zero-order valence-electron chi connectivity index (χ0n) is 13.9. The van der Waals surface area contributed by atoms with Crippen LogP contribution in [0.3, 0.4) is 0 Å². The minimum absolute atomic E-state index is 0.141. The smallest absolute Gasteiger partial charge is 0.264 e. The minimum atomic E-state index is -2.74. The first-order valence-corrected chi connectivity index (χ1v) is 7.87. The van der Waals surface area contributed by atoms with E-state index in [1.807, 2.05) is 6.07 Å². The fraction of sp³-hybridized carbons (Fsp3) is 0.0500. The second-order valence-electron chi connectivity index (χ2n) is 5.53. The molecule has 1 aromatic heterocycles. The Labute approximate surface area is 153 Å². The molecule has 5 nitrogen and oxygen atoms in total. The van der Waals surface area contributed by atoms with Gasteiger partial charge in [-0.25, -0.2) is 8.78 Å². The third kappa shape index (κ3) is 4.64. The molecule has 1 heterocycles. The average Bonchev–Trinajstić information content (AvgIpc) is 2.68. The second kappa shape index (κ2) is 8.06. The van der Waals surface area contributed by atoms with Crippen LogP contribution in [0.15, 0.2) is 67.0 Å². The number of pyridine rings is 1. The molecule has 3 rings (SSSR count). The van der Waals surface area contributed by atoms with Crippen LogP contribution in [-0.2, 0) is 0 Å². The number of alkyl halides is 2. The van der Waals surface area contributed by atoms with Gasteiger partial charge in [-0.1, -0.05) is 6.07 Å². The highest BCUT2D eigenvalue weighted by Gasteiger charge is 2.14. The predicted molar refractivity (Wildman–Crippen MR) is 94.8 cm³/mol. The van der Waals surface area contributed by atoms with E-state index in [1.54, 1.807) is 30.5 Å². The molecular weight excluding hydrogens is 352 g/mol. The number of nitrogens with one attached hydrogen (secondary N) is 1. The molecule has 27 heavy (non-hydrogen) atoms. The van der Waals surface area contributed by atoms with Gasteiger partial charge >= 0.3 is 0 Å². The standard InChI is InChI=1S/C20H13F2N3O2/c21-19(22)15-8-16(10-18(9-15)27-17-5-2-6-24-12-17)25-20(26)14-4-1-3-13(7-14)11-23/h1-10,12,19H,(H,25,26). The van der Waals surface area contributed by atoms with Crippen molar-refractivity contribution in [2.75, 3.05) is 5.32 Å². The Morgan fingerprint density at radius 1 is 1.11 bits per heavy atom. The van der Waals surface area contributed by atoms with E-state index in [1.165, 1.54) is 36.5 Å². The van der Waals surface area contributed by atoms with E-state index in [0.717, 1.165) is 0 Å². The van der Waals surface area contributed by atoms with Crippen LogP contribution >= 0.6 is 0 Å². The Morgan fingerprint density at radius 3 is 2.67 bits per heavy atom. The maximum atomic E-state index is 13.2. The molecule has 1 N–H and O–H groups in total. The fourth-order valence-corrected chi connectivity index (χ4v) is 2.36. The molecule has 0 unspecified atom stereocenters. The molecule has 1 amide bonds. The van der Waals surface area contributed by atoms with E-state index < -0.39 is 12.3 Å². The molecule has 0 radical (unpaired) electrons. The van der Waals surface area contributed by atoms with Crippen LogP contribution in [0.25, 0.3) is 0 Å². The van der Waals surface area contributed by atoms with Crippen molar-refractivity contribution in [3.8, 4) is 17.6 Å². The van der Waals surface area contributed by atoms with E-state index in [2.05, 4.69) is 10.3 Å². The van der Waals surface area contributed by atoms with Gasteiger partial charge in [0.05, 0.1) is 17.8 Å². The number of carbonyl (C=O) groups is 1. The average molecular weight is 365 g/mol. The van der Waals surface area contributed by atoms with Gasteiger partial charge in [0.25, 0.3) is 12.3 Å². The molecule has 2 aromatic carbocycles. The molecule has 3 aromatic rings. The molecule has 0 aliphatic carbocycles. The Hall–Kier alpha value is -3.79. The summed E-state index contributed by atoms with van der Waals surface area (Å²) in [6.07, 6.45) is 0.268. The van der Waals surface area contributed by atoms with Crippen LogP contribution in [0.4, 0.5) is 14.5 Å². The molecule has 7 heteroatoms. The van der Waals surface area contributed by atoms with Crippen molar-refractivity contribution in [2.24, 2.45) is 0 Å². The molecule has 0 atom stereocenters. The SMILES string of the molecule is N#Cc1cccc(C(=O)Nc2cc(Oc3cccnc3)cc(C(F)F)c2)c1. The lowest BCUT2D eigenvalue weighted by Crippen LogP contribution is -2.12. The van der Waals surface area contributed by atoms with Gasteiger partial charge in [0.1, 0.15) is 11.5 Å². The van der Waals surface area contributed by atoms with Crippen molar-refractivity contribution in [3.05, 3.63) is 83.7 Å². The van der Waals surface area contributed by atoms with Crippen LogP contribution < -0.4 is 10.1 Å². The third-order valence-electron chi connectivity index (χ3n) is 3.56. The number of anilines is 1. The number of aromatic nitrogens is 1. The number of halogens is 2. The van der Waals surface area contributed by atoms with Crippen molar-refractivity contribution in [1.29, 1.82) is 5.26 Å². The monoisotopic (exact) mass is 365 g/mol. The maximum absolute atomic E-state index is 13.2. The Bertz CT molecular complexity index is 1000. The number of hydrogen-bond donors (Lipinski definition) is 1. The summed E-state index contributed by atoms with van der Waals surface area (Å²) in [6.45, 7) is 0. The Balaban J connectivity index is 1.87. The summed E-state index contributed by atoms with van der Waals surface area (Å²) in [5.41, 5.74) is 0.423. The molecule has 0 aliphatic heterocycles. The van der Waals surface area contributed by atoms with Crippen LogP contribution in [0.2, 0.25) is 0 Å². The number of hydrogen-bond acceptors (Lipinski definition) is 4. The van der Waals surface area contributed by atoms with Crippen molar-refractivity contribution >= 4 is 11.6 Å². The summed E-state index contributed by atoms with van der Waals surface area (Å²) in [7, 11) is 0. The van der Waals surface area contributed by atoms with Gasteiger partial charge in [-0.3, -0.25) is 9.78 Å². The lowest BCUT2D eigenvalue weighted by Gasteiger charge is -2.12. The number of benzene rings is 2. The van der Waals surface area contributed by atoms with E-state index >= 15 is 0 Å². The van der Waals surface area contributed by atoms with Gasteiger partial charge in [-0.15, -0.1) is 0 Å². The summed E-state index contributed by atoms with van der Waals surface area (Å²) in [5, 5.41) is 11.5. The number of nitrogens with zero attached hydrogens (tertiary/aromatic N) is 2. The summed E-state index contributed by atoms with van der Waals surface area (Å²) < 4.78 is 32.0. The van der Waals surface area contributed by atoms with Gasteiger partial charge in [-0.05, 0) is 42.5 Å². The van der Waals surface area contributed by atoms with Crippen LogP contribution in [0.1, 0.15) is 27.9 Å². The zero-order valence-corrected chi connectivity index (χ0v) is 13.9. The summed E-state index contributed by atoms with van der Waals surface area (Å²) in [5.74, 6) is -0.00404. The number of amides is 1. The highest BCUT2D eigenvalue weighted by molar-refractivity contribution is 6.04. The summed E-state index contributed by atoms with van der Waals surface area (Å²) in [6, 6.07) is 15.1. The van der Waals surface area contributed by atoms with Crippen LogP contribution in [-0.4, -0.2) is 10.9 Å². The van der Waals surface area contributed by atoms with Gasteiger partial charge in [-0.2, -0.15) is 5.26 Å². The van der Waals surface area contributed by atoms with E-state index in [9.17, 15) is 13.6 Å². The van der Waals surface area contributed by atoms with Crippen molar-refractivity contribution in [1.82, 2.24) is 4.98 Å². The fourth-order valence-electron chi connectivity index (χ4n) is 2.36. The van der Waals surface area contributed by atoms with Crippen LogP contribution in [0.5, 0.6) is 11.5 Å². The van der Waals surface area contributed by atoms with E-state index in [-0.39, 0.29) is 22.6 Å². The van der Waals surface area contributed by atoms with Crippen LogP contribution in [0, 0.1) is 11.3 Å². The molecule has 0 saturated heterocycles. The quantitative estimate of drug-likeness (QED) is 0.695. The molecule has 0 aliphatic rings. The highest BCUT2D eigenvalue weighted by atomic mass is 19.3. The Kier molecular flexibility index (Phi) is 5.38. The normalized spacial score (nSPS) is 10.3. The summed E-state index contributed by atoms with van der Waals surface area (Å²) in [4.78, 5) is 16.3. The lowest BCUT2D eigenvalue weighted by molar-refractivity contribution is 0.102. The van der Waals surface area contributed by atoms with Gasteiger partial charge in [0.2, 0.25) is 0 Å². The van der Waals surface area contributed by atoms with Crippen molar-refractivity contribution in [3.63, 3.8) is 0 Å². The number of carbonyl (C=O) groups excluding carboxylic acids is 1. The Morgan fingerprint density at radius 2 is 1.96 bits per heavy atom. The first kappa shape index (κ1) is 18.0. The first-order chi connectivity index (χ1) is 13.0. The van der Waals surface area contributed by atoms with Gasteiger partial charge in [0.15, 0.2) is 0 Å². The third-order valence-corrected chi connectivity index (χ3v) is 3.56. The van der Waals surface area contributed by atoms with Crippen molar-refractivity contribution < 1.29 is 18.3 Å². The zero-order chi connectivity index (χ0) is 19.2. The maximum Gasteiger partial charge on any atom is 0.264 e. The predicted octanol–water partition coefficient (Wildman–Crippen LogP) is 4.94. The molecule has 134 valence electrons. The number of nitriles is 1. The second-order valence-corrected chi connectivity index (χ2v) is 5.53. The molecule has 0 fully saturated rings. The summed E-state index contributed by atoms with van der Waals surface area (Å²) >= 11 is 0. The minimum Gasteiger partial charge on any atom is -0.456 e. The molecule has 0 spiro atoms. The van der Waals surface area contributed by atoms with Crippen molar-refractivity contribution in [2.45, 2.75) is 6.43 Å². The van der Waals surface area contributed by atoms with E-state index in [4.69, 9.17) is 10.00 Å². The highest BCUT2D eigenvalue weighted by Crippen LogP contribution is 2.30. The van der Waals surface area contributed by atoms with Gasteiger partial charge < -0.3 is 10.1 Å². The molecule has 0 saturated carbocycles. The molecular formula is C20H13F2N3O2. The van der Waals surface area contributed by atoms with Gasteiger partial charge in [0, 0.05) is 29.1 Å². The first-order valence-electron chi connectivity index (χ1n) is 7.87. The lowest BCUT2D eigenvalue weighted by atomic mass is 10.1. The van der Waals surface area contributed by atoms with E-state index in [0.29, 0.717) is 11.3 Å². The molecule has 0 bridgehead atoms.